The van der Waals surface area contributed by atoms with Crippen LogP contribution in [-0.2, 0) is 4.79 Å². The highest BCUT2D eigenvalue weighted by Crippen LogP contribution is 2.30. The number of amides is 2. The van der Waals surface area contributed by atoms with Crippen molar-refractivity contribution in [1.82, 2.24) is 9.80 Å². The lowest BCUT2D eigenvalue weighted by Gasteiger charge is -2.27. The molecule has 2 N–H and O–H groups in total. The van der Waals surface area contributed by atoms with Gasteiger partial charge in [0.2, 0.25) is 5.91 Å². The van der Waals surface area contributed by atoms with E-state index >= 15 is 0 Å². The lowest BCUT2D eigenvalue weighted by atomic mass is 9.95. The van der Waals surface area contributed by atoms with E-state index in [-0.39, 0.29) is 23.8 Å². The van der Waals surface area contributed by atoms with E-state index < -0.39 is 6.04 Å². The zero-order valence-electron chi connectivity index (χ0n) is 15.0. The first-order valence-corrected chi connectivity index (χ1v) is 10.3. The summed E-state index contributed by atoms with van der Waals surface area (Å²) in [4.78, 5) is 29.6. The first-order valence-electron chi connectivity index (χ1n) is 9.18. The topological polar surface area (TPSA) is 66.6 Å². The standard InChI is InChI=1S/C21H23N3O2S/c22-18-12-23(11-17(18)15-7-3-1-4-8-15)21(26)19-13-27-14-24(19)20(25)16-9-5-2-6-10-16/h1-10,17-19H,11-14,22H2/t17-,18+,19?/m0/s1. The number of likely N-dealkylation sites (tertiary alicyclic amines) is 1. The molecular weight excluding hydrogens is 358 g/mol. The van der Waals surface area contributed by atoms with Crippen LogP contribution >= 0.6 is 11.8 Å². The molecule has 0 aromatic heterocycles. The zero-order chi connectivity index (χ0) is 18.8. The fraction of sp³-hybridized carbons (Fsp3) is 0.333. The Morgan fingerprint density at radius 2 is 1.63 bits per heavy atom. The Balaban J connectivity index is 1.48. The van der Waals surface area contributed by atoms with Gasteiger partial charge in [-0.1, -0.05) is 48.5 Å². The summed E-state index contributed by atoms with van der Waals surface area (Å²) < 4.78 is 0. The molecule has 0 radical (unpaired) electrons. The first-order chi connectivity index (χ1) is 13.1. The molecule has 1 unspecified atom stereocenters. The molecule has 140 valence electrons. The highest BCUT2D eigenvalue weighted by Gasteiger charge is 2.41. The van der Waals surface area contributed by atoms with Gasteiger partial charge in [0.15, 0.2) is 0 Å². The summed E-state index contributed by atoms with van der Waals surface area (Å²) >= 11 is 1.62. The van der Waals surface area contributed by atoms with Crippen LogP contribution in [0.25, 0.3) is 0 Å². The van der Waals surface area contributed by atoms with Crippen LogP contribution in [0.3, 0.4) is 0 Å². The van der Waals surface area contributed by atoms with Crippen molar-refractivity contribution in [2.45, 2.75) is 18.0 Å². The van der Waals surface area contributed by atoms with Gasteiger partial charge in [-0.2, -0.15) is 0 Å². The minimum Gasteiger partial charge on any atom is -0.339 e. The number of nitrogens with two attached hydrogens (primary N) is 1. The highest BCUT2D eigenvalue weighted by molar-refractivity contribution is 7.99. The van der Waals surface area contributed by atoms with Gasteiger partial charge in [0.05, 0.1) is 5.88 Å². The fourth-order valence-corrected chi connectivity index (χ4v) is 5.01. The number of nitrogens with zero attached hydrogens (tertiary/aromatic N) is 2. The second-order valence-corrected chi connectivity index (χ2v) is 8.08. The first kappa shape index (κ1) is 18.1. The number of benzene rings is 2. The van der Waals surface area contributed by atoms with E-state index in [1.807, 2.05) is 41.3 Å². The molecule has 27 heavy (non-hydrogen) atoms. The van der Waals surface area contributed by atoms with E-state index in [4.69, 9.17) is 5.73 Å². The minimum absolute atomic E-state index is 0.0122. The molecule has 2 aliphatic rings. The van der Waals surface area contributed by atoms with Gasteiger partial charge in [-0.25, -0.2) is 0 Å². The van der Waals surface area contributed by atoms with Gasteiger partial charge in [0, 0.05) is 36.4 Å². The number of carbonyl (C=O) groups excluding carboxylic acids is 2. The van der Waals surface area contributed by atoms with Crippen molar-refractivity contribution in [3.8, 4) is 0 Å². The molecule has 2 aliphatic heterocycles. The summed E-state index contributed by atoms with van der Waals surface area (Å²) in [5, 5.41) is 0. The van der Waals surface area contributed by atoms with Crippen LogP contribution < -0.4 is 5.73 Å². The third-order valence-electron chi connectivity index (χ3n) is 5.35. The molecule has 0 aliphatic carbocycles. The Hall–Kier alpha value is -2.31. The Kier molecular flexibility index (Phi) is 5.18. The monoisotopic (exact) mass is 381 g/mol. The Morgan fingerprint density at radius 1 is 0.963 bits per heavy atom. The maximum Gasteiger partial charge on any atom is 0.255 e. The Bertz CT molecular complexity index is 815. The molecule has 4 rings (SSSR count). The molecule has 2 heterocycles. The van der Waals surface area contributed by atoms with Crippen LogP contribution in [0.4, 0.5) is 0 Å². The average molecular weight is 382 g/mol. The van der Waals surface area contributed by atoms with E-state index in [1.54, 1.807) is 28.8 Å². The van der Waals surface area contributed by atoms with E-state index in [0.29, 0.717) is 30.3 Å². The van der Waals surface area contributed by atoms with Crippen LogP contribution in [0.15, 0.2) is 60.7 Å². The molecule has 0 spiro atoms. The van der Waals surface area contributed by atoms with Crippen molar-refractivity contribution >= 4 is 23.6 Å². The molecular formula is C21H23N3O2S. The normalized spacial score (nSPS) is 25.0. The Labute approximate surface area is 163 Å². The van der Waals surface area contributed by atoms with Crippen molar-refractivity contribution in [3.63, 3.8) is 0 Å². The summed E-state index contributed by atoms with van der Waals surface area (Å²) in [7, 11) is 0. The Morgan fingerprint density at radius 3 is 2.33 bits per heavy atom. The van der Waals surface area contributed by atoms with Gasteiger partial charge in [0.25, 0.3) is 5.91 Å². The van der Waals surface area contributed by atoms with Gasteiger partial charge in [-0.3, -0.25) is 9.59 Å². The number of carbonyl (C=O) groups is 2. The van der Waals surface area contributed by atoms with E-state index in [9.17, 15) is 9.59 Å². The molecule has 0 bridgehead atoms. The molecule has 2 aromatic rings. The molecule has 0 saturated carbocycles. The van der Waals surface area contributed by atoms with Crippen molar-refractivity contribution in [3.05, 3.63) is 71.8 Å². The summed E-state index contributed by atoms with van der Waals surface area (Å²) in [6, 6.07) is 18.8. The molecule has 3 atom stereocenters. The average Bonchev–Trinajstić information content (AvgIpc) is 3.35. The largest absolute Gasteiger partial charge is 0.339 e. The van der Waals surface area contributed by atoms with Crippen LogP contribution in [0.5, 0.6) is 0 Å². The predicted molar refractivity (Wildman–Crippen MR) is 107 cm³/mol. The maximum atomic E-state index is 13.2. The number of hydrogen-bond acceptors (Lipinski definition) is 4. The molecule has 6 heteroatoms. The van der Waals surface area contributed by atoms with Crippen molar-refractivity contribution in [2.75, 3.05) is 24.7 Å². The lowest BCUT2D eigenvalue weighted by molar-refractivity contribution is -0.133. The second-order valence-electron chi connectivity index (χ2n) is 7.08. The SMILES string of the molecule is N[C@@H]1CN(C(=O)C2CSCN2C(=O)c2ccccc2)C[C@H]1c1ccccc1. The fourth-order valence-electron chi connectivity index (χ4n) is 3.87. The summed E-state index contributed by atoms with van der Waals surface area (Å²) in [5.41, 5.74) is 8.13. The molecule has 2 aromatic carbocycles. The van der Waals surface area contributed by atoms with Gasteiger partial charge in [0.1, 0.15) is 6.04 Å². The van der Waals surface area contributed by atoms with E-state index in [1.165, 1.54) is 5.56 Å². The smallest absolute Gasteiger partial charge is 0.255 e. The maximum absolute atomic E-state index is 13.2. The van der Waals surface area contributed by atoms with Gasteiger partial charge in [-0.15, -0.1) is 11.8 Å². The number of rotatable bonds is 3. The number of thioether (sulfide) groups is 1. The van der Waals surface area contributed by atoms with Crippen LogP contribution in [0.2, 0.25) is 0 Å². The van der Waals surface area contributed by atoms with E-state index in [0.717, 1.165) is 0 Å². The van der Waals surface area contributed by atoms with Crippen molar-refractivity contribution in [2.24, 2.45) is 5.73 Å². The molecule has 2 saturated heterocycles. The summed E-state index contributed by atoms with van der Waals surface area (Å²) in [6.07, 6.45) is 0. The lowest BCUT2D eigenvalue weighted by Crippen LogP contribution is -2.48. The molecule has 2 fully saturated rings. The van der Waals surface area contributed by atoms with Crippen LogP contribution in [0, 0.1) is 0 Å². The minimum atomic E-state index is -0.413. The van der Waals surface area contributed by atoms with Gasteiger partial charge < -0.3 is 15.5 Å². The van der Waals surface area contributed by atoms with E-state index in [2.05, 4.69) is 12.1 Å². The highest BCUT2D eigenvalue weighted by atomic mass is 32.2. The van der Waals surface area contributed by atoms with Crippen molar-refractivity contribution < 1.29 is 9.59 Å². The quantitative estimate of drug-likeness (QED) is 0.885. The predicted octanol–water partition coefficient (Wildman–Crippen LogP) is 2.16. The van der Waals surface area contributed by atoms with Gasteiger partial charge >= 0.3 is 0 Å². The van der Waals surface area contributed by atoms with Crippen LogP contribution in [0.1, 0.15) is 21.8 Å². The van der Waals surface area contributed by atoms with Gasteiger partial charge in [-0.05, 0) is 17.7 Å². The van der Waals surface area contributed by atoms with Crippen LogP contribution in [-0.4, -0.2) is 58.4 Å². The summed E-state index contributed by atoms with van der Waals surface area (Å²) in [6.45, 7) is 1.14. The molecule has 5 nitrogen and oxygen atoms in total. The second kappa shape index (κ2) is 7.74. The van der Waals surface area contributed by atoms with Crippen molar-refractivity contribution in [1.29, 1.82) is 0 Å². The zero-order valence-corrected chi connectivity index (χ0v) is 15.8. The third kappa shape index (κ3) is 3.59. The number of hydrogen-bond donors (Lipinski definition) is 1. The molecule has 2 amide bonds. The third-order valence-corrected chi connectivity index (χ3v) is 6.37. The summed E-state index contributed by atoms with van der Waals surface area (Å²) in [5.74, 6) is 1.26.